The summed E-state index contributed by atoms with van der Waals surface area (Å²) in [4.78, 5) is 23.3. The molecule has 2 aromatic rings. The Bertz CT molecular complexity index is 763. The minimum absolute atomic E-state index is 0.172. The fourth-order valence-corrected chi connectivity index (χ4v) is 2.31. The highest BCUT2D eigenvalue weighted by atomic mass is 16.5. The van der Waals surface area contributed by atoms with E-state index in [2.05, 4.69) is 0 Å². The van der Waals surface area contributed by atoms with E-state index in [1.165, 1.54) is 17.1 Å². The van der Waals surface area contributed by atoms with Gasteiger partial charge in [-0.05, 0) is 48.7 Å². The average molecular weight is 328 g/mol. The first-order valence-corrected chi connectivity index (χ1v) is 7.58. The molecule has 0 radical (unpaired) electrons. The summed E-state index contributed by atoms with van der Waals surface area (Å²) in [5, 5.41) is 8.45. The average Bonchev–Trinajstić information content (AvgIpc) is 2.62. The molecule has 2 rings (SSSR count). The first-order valence-electron chi connectivity index (χ1n) is 7.58. The summed E-state index contributed by atoms with van der Waals surface area (Å²) in [5.74, 6) is 0.144. The second-order valence-corrected chi connectivity index (χ2v) is 5.22. The molecule has 0 atom stereocenters. The molecule has 1 amide bonds. The lowest BCUT2D eigenvalue weighted by Crippen LogP contribution is -2.22. The molecule has 0 aliphatic carbocycles. The number of carbonyl (C=O) groups is 1. The van der Waals surface area contributed by atoms with E-state index in [1.807, 2.05) is 24.3 Å². The third kappa shape index (κ3) is 4.82. The quantitative estimate of drug-likeness (QED) is 0.463. The number of benzene rings is 1. The van der Waals surface area contributed by atoms with Crippen molar-refractivity contribution in [3.8, 4) is 5.75 Å². The molecule has 0 saturated carbocycles. The summed E-state index contributed by atoms with van der Waals surface area (Å²) >= 11 is 0. The van der Waals surface area contributed by atoms with Crippen molar-refractivity contribution in [3.63, 3.8) is 0 Å². The van der Waals surface area contributed by atoms with Gasteiger partial charge in [0, 0.05) is 24.4 Å². The second-order valence-electron chi connectivity index (χ2n) is 5.22. The van der Waals surface area contributed by atoms with Crippen LogP contribution in [-0.2, 0) is 17.8 Å². The Labute approximate surface area is 140 Å². The molecule has 1 aromatic heterocycles. The Morgan fingerprint density at radius 1 is 1.29 bits per heavy atom. The van der Waals surface area contributed by atoms with Crippen LogP contribution in [0.5, 0.6) is 5.75 Å². The number of carbonyl (C=O) groups excluding carboxylic acids is 1. The lowest BCUT2D eigenvalue weighted by molar-refractivity contribution is -0.124. The van der Waals surface area contributed by atoms with Gasteiger partial charge in [-0.3, -0.25) is 14.8 Å². The van der Waals surface area contributed by atoms with Gasteiger partial charge in [0.05, 0.1) is 7.11 Å². The maximum atomic E-state index is 12.3. The normalized spacial score (nSPS) is 10.8. The molecule has 1 heterocycles. The highest BCUT2D eigenvalue weighted by molar-refractivity contribution is 5.90. The number of amides is 1. The minimum atomic E-state index is -0.677. The second kappa shape index (κ2) is 8.69. The number of ether oxygens (including phenoxy) is 1. The number of aryl methyl sites for hydroxylation is 2. The molecule has 0 saturated heterocycles. The van der Waals surface area contributed by atoms with Crippen molar-refractivity contribution in [3.05, 3.63) is 70.2 Å². The van der Waals surface area contributed by atoms with Crippen LogP contribution in [0.4, 0.5) is 0 Å². The van der Waals surface area contributed by atoms with Crippen LogP contribution in [0.15, 0.2) is 53.5 Å². The van der Waals surface area contributed by atoms with Crippen LogP contribution in [-0.4, -0.2) is 22.8 Å². The molecule has 0 spiro atoms. The number of nitrogens with one attached hydrogen (secondary N) is 1. The van der Waals surface area contributed by atoms with E-state index in [1.54, 1.807) is 30.0 Å². The number of hydrogen-bond donors (Lipinski definition) is 2. The van der Waals surface area contributed by atoms with E-state index in [0.717, 1.165) is 24.7 Å². The van der Waals surface area contributed by atoms with Crippen LogP contribution >= 0.6 is 0 Å². The Hall–Kier alpha value is -2.86. The summed E-state index contributed by atoms with van der Waals surface area (Å²) < 4.78 is 6.73. The maximum Gasteiger partial charge on any atom is 0.267 e. The van der Waals surface area contributed by atoms with Gasteiger partial charge < -0.3 is 9.30 Å². The molecule has 6 heteroatoms. The van der Waals surface area contributed by atoms with Crippen molar-refractivity contribution in [1.29, 1.82) is 0 Å². The van der Waals surface area contributed by atoms with E-state index < -0.39 is 5.91 Å². The monoisotopic (exact) mass is 328 g/mol. The molecule has 1 aromatic carbocycles. The zero-order valence-corrected chi connectivity index (χ0v) is 13.4. The predicted octanol–water partition coefficient (Wildman–Crippen LogP) is 2.01. The van der Waals surface area contributed by atoms with Crippen LogP contribution in [0.1, 0.15) is 17.5 Å². The standard InChI is InChI=1S/C18H20N2O4/c1-24-16-9-6-14(7-10-16)4-2-12-20-13-3-5-15(18(20)22)8-11-17(21)19-23/h3,5-11,13,23H,2,4,12H2,1H3,(H,19,21)/b11-8+. The van der Waals surface area contributed by atoms with Crippen LogP contribution < -0.4 is 15.8 Å². The lowest BCUT2D eigenvalue weighted by Gasteiger charge is -2.07. The smallest absolute Gasteiger partial charge is 0.267 e. The van der Waals surface area contributed by atoms with E-state index in [-0.39, 0.29) is 5.56 Å². The number of aromatic nitrogens is 1. The lowest BCUT2D eigenvalue weighted by atomic mass is 10.1. The largest absolute Gasteiger partial charge is 0.497 e. The number of nitrogens with zero attached hydrogens (tertiary/aromatic N) is 1. The van der Waals surface area contributed by atoms with Gasteiger partial charge in [-0.25, -0.2) is 5.48 Å². The van der Waals surface area contributed by atoms with Crippen LogP contribution in [0, 0.1) is 0 Å². The third-order valence-corrected chi connectivity index (χ3v) is 3.60. The number of methoxy groups -OCH3 is 1. The van der Waals surface area contributed by atoms with Gasteiger partial charge in [-0.15, -0.1) is 0 Å². The van der Waals surface area contributed by atoms with Gasteiger partial charge in [0.25, 0.3) is 11.5 Å². The molecular weight excluding hydrogens is 308 g/mol. The van der Waals surface area contributed by atoms with E-state index in [9.17, 15) is 9.59 Å². The molecule has 0 aliphatic heterocycles. The van der Waals surface area contributed by atoms with Crippen molar-refractivity contribution >= 4 is 12.0 Å². The SMILES string of the molecule is COc1ccc(CCCn2cccc(/C=C/C(=O)NO)c2=O)cc1. The highest BCUT2D eigenvalue weighted by Crippen LogP contribution is 2.12. The molecule has 0 bridgehead atoms. The van der Waals surface area contributed by atoms with Crippen LogP contribution in [0.2, 0.25) is 0 Å². The van der Waals surface area contributed by atoms with E-state index in [4.69, 9.17) is 9.94 Å². The molecule has 0 fully saturated rings. The van der Waals surface area contributed by atoms with Crippen molar-refractivity contribution in [2.24, 2.45) is 0 Å². The maximum absolute atomic E-state index is 12.3. The Morgan fingerprint density at radius 2 is 2.04 bits per heavy atom. The first kappa shape index (κ1) is 17.5. The predicted molar refractivity (Wildman–Crippen MR) is 91.0 cm³/mol. The number of hydroxylamine groups is 1. The number of pyridine rings is 1. The summed E-state index contributed by atoms with van der Waals surface area (Å²) in [6.45, 7) is 0.582. The highest BCUT2D eigenvalue weighted by Gasteiger charge is 2.02. The summed E-state index contributed by atoms with van der Waals surface area (Å²) in [5.41, 5.74) is 2.89. The van der Waals surface area contributed by atoms with Gasteiger partial charge in [0.15, 0.2) is 0 Å². The van der Waals surface area contributed by atoms with Gasteiger partial charge in [0.2, 0.25) is 0 Å². The van der Waals surface area contributed by atoms with Gasteiger partial charge in [-0.2, -0.15) is 0 Å². The first-order chi connectivity index (χ1) is 11.6. The van der Waals surface area contributed by atoms with Crippen molar-refractivity contribution < 1.29 is 14.7 Å². The van der Waals surface area contributed by atoms with Gasteiger partial charge in [-0.1, -0.05) is 12.1 Å². The van der Waals surface area contributed by atoms with Crippen molar-refractivity contribution in [1.82, 2.24) is 10.0 Å². The zero-order chi connectivity index (χ0) is 17.4. The Kier molecular flexibility index (Phi) is 6.33. The zero-order valence-electron chi connectivity index (χ0n) is 13.4. The molecule has 0 aliphatic rings. The topological polar surface area (TPSA) is 80.6 Å². The molecule has 6 nitrogen and oxygen atoms in total. The summed E-state index contributed by atoms with van der Waals surface area (Å²) in [7, 11) is 1.63. The minimum Gasteiger partial charge on any atom is -0.497 e. The van der Waals surface area contributed by atoms with Crippen LogP contribution in [0.3, 0.4) is 0 Å². The summed E-state index contributed by atoms with van der Waals surface area (Å²) in [6.07, 6.45) is 5.88. The number of rotatable bonds is 7. The molecule has 24 heavy (non-hydrogen) atoms. The Morgan fingerprint density at radius 3 is 2.71 bits per heavy atom. The Balaban J connectivity index is 1.98. The van der Waals surface area contributed by atoms with Gasteiger partial charge in [0.1, 0.15) is 5.75 Å². The summed E-state index contributed by atoms with van der Waals surface area (Å²) in [6, 6.07) is 11.2. The molecule has 0 unspecified atom stereocenters. The fourth-order valence-electron chi connectivity index (χ4n) is 2.31. The van der Waals surface area contributed by atoms with E-state index in [0.29, 0.717) is 12.1 Å². The van der Waals surface area contributed by atoms with E-state index >= 15 is 0 Å². The molecular formula is C18H20N2O4. The fraction of sp³-hybridized carbons (Fsp3) is 0.222. The van der Waals surface area contributed by atoms with Gasteiger partial charge >= 0.3 is 0 Å². The number of hydrogen-bond acceptors (Lipinski definition) is 4. The molecule has 126 valence electrons. The molecule has 2 N–H and O–H groups in total. The van der Waals surface area contributed by atoms with Crippen molar-refractivity contribution in [2.45, 2.75) is 19.4 Å². The van der Waals surface area contributed by atoms with Crippen LogP contribution in [0.25, 0.3) is 6.08 Å². The van der Waals surface area contributed by atoms with Crippen molar-refractivity contribution in [2.75, 3.05) is 7.11 Å². The third-order valence-electron chi connectivity index (χ3n) is 3.60.